The highest BCUT2D eigenvalue weighted by atomic mass is 19.1. The Bertz CT molecular complexity index is 1450. The van der Waals surface area contributed by atoms with Crippen LogP contribution in [0.1, 0.15) is 11.1 Å². The molecule has 0 atom stereocenters. The van der Waals surface area contributed by atoms with Crippen LogP contribution in [0.2, 0.25) is 0 Å². The van der Waals surface area contributed by atoms with Crippen LogP contribution in [-0.4, -0.2) is 22.2 Å². The van der Waals surface area contributed by atoms with Gasteiger partial charge in [0.05, 0.1) is 5.69 Å². The molecule has 0 aliphatic heterocycles. The number of benzene rings is 3. The van der Waals surface area contributed by atoms with Gasteiger partial charge in [0.25, 0.3) is 5.91 Å². The van der Waals surface area contributed by atoms with Gasteiger partial charge in [0.2, 0.25) is 0 Å². The Morgan fingerprint density at radius 1 is 1.11 bits per heavy atom. The standard InChI is InChI=1S/C29H23FN4O2/c1-2-15-32-29(35)23(18-31)16-24-19-34(25-11-4-3-5-12-25)33-28(24)21-10-8-13-26(17-21)36-20-22-9-6-7-14-27(22)30/h2-14,16-17,19H,1,15,20H2,(H,32,35). The lowest BCUT2D eigenvalue weighted by Gasteiger charge is -2.09. The van der Waals surface area contributed by atoms with Gasteiger partial charge in [-0.2, -0.15) is 10.4 Å². The first-order chi connectivity index (χ1) is 17.6. The van der Waals surface area contributed by atoms with Gasteiger partial charge < -0.3 is 10.1 Å². The van der Waals surface area contributed by atoms with Crippen molar-refractivity contribution in [1.82, 2.24) is 15.1 Å². The molecule has 0 aliphatic carbocycles. The maximum atomic E-state index is 14.0. The fourth-order valence-corrected chi connectivity index (χ4v) is 3.50. The lowest BCUT2D eigenvalue weighted by Crippen LogP contribution is -2.24. The highest BCUT2D eigenvalue weighted by molar-refractivity contribution is 6.02. The van der Waals surface area contributed by atoms with Crippen molar-refractivity contribution in [2.24, 2.45) is 0 Å². The second kappa shape index (κ2) is 11.4. The van der Waals surface area contributed by atoms with Crippen LogP contribution in [0, 0.1) is 17.1 Å². The first kappa shape index (κ1) is 24.2. The molecule has 1 amide bonds. The van der Waals surface area contributed by atoms with Crippen molar-refractivity contribution in [2.45, 2.75) is 6.61 Å². The molecular weight excluding hydrogens is 455 g/mol. The summed E-state index contributed by atoms with van der Waals surface area (Å²) in [4.78, 5) is 12.4. The molecule has 4 rings (SSSR count). The topological polar surface area (TPSA) is 79.9 Å². The van der Waals surface area contributed by atoms with Gasteiger partial charge in [0.1, 0.15) is 35.5 Å². The quantitative estimate of drug-likeness (QED) is 0.197. The zero-order valence-electron chi connectivity index (χ0n) is 19.4. The summed E-state index contributed by atoms with van der Waals surface area (Å²) in [6, 6.07) is 25.1. The number of ether oxygens (including phenoxy) is 1. The van der Waals surface area contributed by atoms with Crippen molar-refractivity contribution in [3.8, 4) is 28.8 Å². The highest BCUT2D eigenvalue weighted by Gasteiger charge is 2.15. The van der Waals surface area contributed by atoms with Gasteiger partial charge in [0, 0.05) is 29.4 Å². The van der Waals surface area contributed by atoms with E-state index in [1.165, 1.54) is 12.1 Å². The van der Waals surface area contributed by atoms with Crippen LogP contribution in [0.3, 0.4) is 0 Å². The van der Waals surface area contributed by atoms with Gasteiger partial charge in [-0.3, -0.25) is 4.79 Å². The predicted molar refractivity (Wildman–Crippen MR) is 137 cm³/mol. The van der Waals surface area contributed by atoms with Crippen LogP contribution >= 0.6 is 0 Å². The molecule has 178 valence electrons. The normalized spacial score (nSPS) is 10.9. The van der Waals surface area contributed by atoms with E-state index in [1.807, 2.05) is 48.5 Å². The van der Waals surface area contributed by atoms with Gasteiger partial charge in [-0.25, -0.2) is 9.07 Å². The molecule has 0 unspecified atom stereocenters. The molecule has 0 fully saturated rings. The predicted octanol–water partition coefficient (Wildman–Crippen LogP) is 5.47. The summed E-state index contributed by atoms with van der Waals surface area (Å²) in [6.45, 7) is 3.90. The molecule has 1 aromatic heterocycles. The molecule has 6 nitrogen and oxygen atoms in total. The van der Waals surface area contributed by atoms with Crippen molar-refractivity contribution in [1.29, 1.82) is 5.26 Å². The summed E-state index contributed by atoms with van der Waals surface area (Å²) in [5, 5.41) is 17.0. The molecule has 0 aliphatic rings. The summed E-state index contributed by atoms with van der Waals surface area (Å²) < 4.78 is 21.5. The summed E-state index contributed by atoms with van der Waals surface area (Å²) >= 11 is 0. The number of hydrogen-bond acceptors (Lipinski definition) is 4. The van der Waals surface area contributed by atoms with Crippen molar-refractivity contribution in [3.05, 3.63) is 120 Å². The number of amides is 1. The van der Waals surface area contributed by atoms with E-state index in [1.54, 1.807) is 47.3 Å². The minimum Gasteiger partial charge on any atom is -0.489 e. The van der Waals surface area contributed by atoms with E-state index >= 15 is 0 Å². The summed E-state index contributed by atoms with van der Waals surface area (Å²) in [5.74, 6) is -0.302. The van der Waals surface area contributed by atoms with Crippen LogP contribution in [0.25, 0.3) is 23.0 Å². The molecule has 36 heavy (non-hydrogen) atoms. The molecule has 7 heteroatoms. The Hall–Kier alpha value is -4.96. The summed E-state index contributed by atoms with van der Waals surface area (Å²) in [6.07, 6.45) is 4.81. The monoisotopic (exact) mass is 478 g/mol. The first-order valence-corrected chi connectivity index (χ1v) is 11.2. The number of halogens is 1. The number of carbonyl (C=O) groups excluding carboxylic acids is 1. The van der Waals surface area contributed by atoms with Crippen LogP contribution in [0.15, 0.2) is 103 Å². The van der Waals surface area contributed by atoms with Gasteiger partial charge in [-0.1, -0.05) is 54.6 Å². The van der Waals surface area contributed by atoms with Gasteiger partial charge >= 0.3 is 0 Å². The number of aromatic nitrogens is 2. The van der Waals surface area contributed by atoms with Crippen LogP contribution in [0.4, 0.5) is 4.39 Å². The molecule has 1 heterocycles. The van der Waals surface area contributed by atoms with E-state index < -0.39 is 5.91 Å². The average molecular weight is 479 g/mol. The summed E-state index contributed by atoms with van der Waals surface area (Å²) in [7, 11) is 0. The summed E-state index contributed by atoms with van der Waals surface area (Å²) in [5.41, 5.74) is 3.06. The van der Waals surface area contributed by atoms with Crippen LogP contribution in [0.5, 0.6) is 5.75 Å². The Balaban J connectivity index is 1.71. The molecule has 1 N–H and O–H groups in total. The van der Waals surface area contributed by atoms with E-state index in [0.29, 0.717) is 28.1 Å². The zero-order chi connectivity index (χ0) is 25.3. The smallest absolute Gasteiger partial charge is 0.262 e. The third kappa shape index (κ3) is 5.75. The molecular formula is C29H23FN4O2. The SMILES string of the molecule is C=CCNC(=O)C(C#N)=Cc1cn(-c2ccccc2)nc1-c1cccc(OCc2ccccc2F)c1. The molecule has 0 saturated heterocycles. The van der Waals surface area contributed by atoms with Crippen LogP contribution < -0.4 is 10.1 Å². The van der Waals surface area contributed by atoms with E-state index in [0.717, 1.165) is 5.69 Å². The lowest BCUT2D eigenvalue weighted by atomic mass is 10.1. The largest absolute Gasteiger partial charge is 0.489 e. The molecule has 0 radical (unpaired) electrons. The Morgan fingerprint density at radius 2 is 1.89 bits per heavy atom. The number of para-hydroxylation sites is 1. The van der Waals surface area contributed by atoms with E-state index in [9.17, 15) is 14.4 Å². The number of nitrogens with one attached hydrogen (secondary N) is 1. The second-order valence-electron chi connectivity index (χ2n) is 7.79. The minimum atomic E-state index is -0.502. The lowest BCUT2D eigenvalue weighted by molar-refractivity contribution is -0.116. The van der Waals surface area contributed by atoms with E-state index in [4.69, 9.17) is 9.84 Å². The van der Waals surface area contributed by atoms with E-state index in [-0.39, 0.29) is 24.5 Å². The van der Waals surface area contributed by atoms with Crippen molar-refractivity contribution in [2.75, 3.05) is 6.54 Å². The van der Waals surface area contributed by atoms with E-state index in [2.05, 4.69) is 11.9 Å². The van der Waals surface area contributed by atoms with Crippen LogP contribution in [-0.2, 0) is 11.4 Å². The number of rotatable bonds is 9. The first-order valence-electron chi connectivity index (χ1n) is 11.2. The zero-order valence-corrected chi connectivity index (χ0v) is 19.4. The molecule has 0 saturated carbocycles. The fraction of sp³-hybridized carbons (Fsp3) is 0.0690. The maximum Gasteiger partial charge on any atom is 0.262 e. The van der Waals surface area contributed by atoms with Gasteiger partial charge in [0.15, 0.2) is 0 Å². The Kier molecular flexibility index (Phi) is 7.69. The van der Waals surface area contributed by atoms with Gasteiger partial charge in [-0.15, -0.1) is 6.58 Å². The van der Waals surface area contributed by atoms with Crippen molar-refractivity contribution < 1.29 is 13.9 Å². The molecule has 0 spiro atoms. The highest BCUT2D eigenvalue weighted by Crippen LogP contribution is 2.29. The third-order valence-corrected chi connectivity index (χ3v) is 5.29. The molecule has 0 bridgehead atoms. The van der Waals surface area contributed by atoms with Gasteiger partial charge in [-0.05, 0) is 36.4 Å². The minimum absolute atomic E-state index is 0.0577. The fourth-order valence-electron chi connectivity index (χ4n) is 3.50. The number of carbonyl (C=O) groups is 1. The maximum absolute atomic E-state index is 14.0. The van der Waals surface area contributed by atoms with Crippen molar-refractivity contribution in [3.63, 3.8) is 0 Å². The second-order valence-corrected chi connectivity index (χ2v) is 7.79. The molecule has 3 aromatic carbocycles. The molecule has 4 aromatic rings. The van der Waals surface area contributed by atoms with Crippen molar-refractivity contribution >= 4 is 12.0 Å². The number of hydrogen-bond donors (Lipinski definition) is 1. The third-order valence-electron chi connectivity index (χ3n) is 5.29. The Labute approximate surface area is 208 Å². The average Bonchev–Trinajstić information content (AvgIpc) is 3.34. The number of nitriles is 1. The Morgan fingerprint density at radius 3 is 2.64 bits per heavy atom. The number of nitrogens with zero attached hydrogens (tertiary/aromatic N) is 3.